The van der Waals surface area contributed by atoms with Crippen LogP contribution in [0.25, 0.3) is 11.5 Å². The molecule has 1 amide bonds. The van der Waals surface area contributed by atoms with Gasteiger partial charge in [-0.15, -0.1) is 0 Å². The minimum absolute atomic E-state index is 0.0562. The number of likely N-dealkylation sites (N-methyl/N-ethyl adjacent to an activating group) is 1. The smallest absolute Gasteiger partial charge is 0.243 e. The number of benzene rings is 1. The van der Waals surface area contributed by atoms with Gasteiger partial charge in [0.15, 0.2) is 5.82 Å². The highest BCUT2D eigenvalue weighted by Gasteiger charge is 2.16. The summed E-state index contributed by atoms with van der Waals surface area (Å²) in [6.45, 7) is 3.66. The number of aryl methyl sites for hydroxylation is 1. The zero-order valence-electron chi connectivity index (χ0n) is 15.7. The number of hydrogen-bond donors (Lipinski definition) is 1. The highest BCUT2D eigenvalue weighted by Crippen LogP contribution is 2.23. The van der Waals surface area contributed by atoms with Crippen molar-refractivity contribution in [3.8, 4) is 11.5 Å². The van der Waals surface area contributed by atoms with Crippen LogP contribution in [0.5, 0.6) is 0 Å². The third-order valence-corrected chi connectivity index (χ3v) is 4.15. The standard InChI is InChI=1S/C20H19F2N5O/c1-12-13(2)24-19(17-6-4-5-7-23-17)26-20(12)27(3)11-18(28)25-16-9-14(21)8-15(22)10-16/h4-10H,11H2,1-3H3,(H,25,28). The summed E-state index contributed by atoms with van der Waals surface area (Å²) in [4.78, 5) is 27.2. The molecule has 0 saturated heterocycles. The molecule has 0 unspecified atom stereocenters. The first-order valence-corrected chi connectivity index (χ1v) is 8.57. The Labute approximate surface area is 161 Å². The van der Waals surface area contributed by atoms with Crippen LogP contribution < -0.4 is 10.2 Å². The molecule has 0 fully saturated rings. The van der Waals surface area contributed by atoms with Gasteiger partial charge in [-0.25, -0.2) is 18.7 Å². The molecule has 144 valence electrons. The van der Waals surface area contributed by atoms with Gasteiger partial charge in [0, 0.05) is 36.3 Å². The molecule has 0 bridgehead atoms. The molecule has 0 atom stereocenters. The molecule has 0 aliphatic rings. The number of carbonyl (C=O) groups is 1. The third kappa shape index (κ3) is 4.46. The van der Waals surface area contributed by atoms with Crippen molar-refractivity contribution in [3.63, 3.8) is 0 Å². The fraction of sp³-hybridized carbons (Fsp3) is 0.200. The molecule has 0 aliphatic carbocycles. The van der Waals surface area contributed by atoms with Gasteiger partial charge in [0.05, 0.1) is 6.54 Å². The topological polar surface area (TPSA) is 71.0 Å². The Kier molecular flexibility index (Phi) is 5.58. The molecule has 0 radical (unpaired) electrons. The van der Waals surface area contributed by atoms with Crippen LogP contribution in [0.1, 0.15) is 11.3 Å². The van der Waals surface area contributed by atoms with Crippen LogP contribution in [-0.2, 0) is 4.79 Å². The van der Waals surface area contributed by atoms with Crippen LogP contribution in [0.4, 0.5) is 20.3 Å². The predicted molar refractivity (Wildman–Crippen MR) is 103 cm³/mol. The summed E-state index contributed by atoms with van der Waals surface area (Å²) in [5, 5.41) is 2.49. The molecule has 1 N–H and O–H groups in total. The number of anilines is 2. The first kappa shape index (κ1) is 19.3. The molecule has 0 saturated carbocycles. The van der Waals surface area contributed by atoms with E-state index in [4.69, 9.17) is 0 Å². The van der Waals surface area contributed by atoms with E-state index in [0.717, 1.165) is 29.5 Å². The number of nitrogens with zero attached hydrogens (tertiary/aromatic N) is 4. The summed E-state index contributed by atoms with van der Waals surface area (Å²) < 4.78 is 26.6. The molecule has 8 heteroatoms. The van der Waals surface area contributed by atoms with Crippen LogP contribution in [0.2, 0.25) is 0 Å². The van der Waals surface area contributed by atoms with Crippen molar-refractivity contribution < 1.29 is 13.6 Å². The molecular formula is C20H19F2N5O. The Morgan fingerprint density at radius 3 is 2.46 bits per heavy atom. The largest absolute Gasteiger partial charge is 0.350 e. The Balaban J connectivity index is 1.80. The molecular weight excluding hydrogens is 364 g/mol. The van der Waals surface area contributed by atoms with E-state index in [0.29, 0.717) is 17.3 Å². The Morgan fingerprint density at radius 2 is 1.82 bits per heavy atom. The summed E-state index contributed by atoms with van der Waals surface area (Å²) in [7, 11) is 1.71. The minimum Gasteiger partial charge on any atom is -0.350 e. The van der Waals surface area contributed by atoms with Gasteiger partial charge in [-0.2, -0.15) is 0 Å². The maximum atomic E-state index is 13.3. The third-order valence-electron chi connectivity index (χ3n) is 4.15. The van der Waals surface area contributed by atoms with Crippen molar-refractivity contribution in [2.75, 3.05) is 23.8 Å². The maximum Gasteiger partial charge on any atom is 0.243 e. The molecule has 0 aliphatic heterocycles. The zero-order chi connectivity index (χ0) is 20.3. The number of hydrogen-bond acceptors (Lipinski definition) is 5. The van der Waals surface area contributed by atoms with Crippen molar-refractivity contribution in [1.82, 2.24) is 15.0 Å². The Morgan fingerprint density at radius 1 is 1.11 bits per heavy atom. The lowest BCUT2D eigenvalue weighted by Gasteiger charge is -2.21. The van der Waals surface area contributed by atoms with E-state index in [9.17, 15) is 13.6 Å². The van der Waals surface area contributed by atoms with Crippen molar-refractivity contribution >= 4 is 17.4 Å². The van der Waals surface area contributed by atoms with Crippen LogP contribution in [0.15, 0.2) is 42.6 Å². The SMILES string of the molecule is Cc1nc(-c2ccccn2)nc(N(C)CC(=O)Nc2cc(F)cc(F)c2)c1C. The fourth-order valence-electron chi connectivity index (χ4n) is 2.71. The van der Waals surface area contributed by atoms with Crippen molar-refractivity contribution in [2.45, 2.75) is 13.8 Å². The Hall–Kier alpha value is -3.42. The lowest BCUT2D eigenvalue weighted by atomic mass is 10.2. The molecule has 3 aromatic rings. The second-order valence-electron chi connectivity index (χ2n) is 6.36. The van der Waals surface area contributed by atoms with Crippen LogP contribution in [0.3, 0.4) is 0 Å². The lowest BCUT2D eigenvalue weighted by molar-refractivity contribution is -0.114. The average Bonchev–Trinajstić information content (AvgIpc) is 2.63. The molecule has 2 aromatic heterocycles. The predicted octanol–water partition coefficient (Wildman–Crippen LogP) is 3.51. The monoisotopic (exact) mass is 383 g/mol. The molecule has 6 nitrogen and oxygen atoms in total. The average molecular weight is 383 g/mol. The van der Waals surface area contributed by atoms with Crippen molar-refractivity contribution in [1.29, 1.82) is 0 Å². The lowest BCUT2D eigenvalue weighted by Crippen LogP contribution is -2.31. The van der Waals surface area contributed by atoms with E-state index in [1.54, 1.807) is 30.3 Å². The molecule has 28 heavy (non-hydrogen) atoms. The van der Waals surface area contributed by atoms with Gasteiger partial charge in [0.1, 0.15) is 23.1 Å². The highest BCUT2D eigenvalue weighted by atomic mass is 19.1. The first-order chi connectivity index (χ1) is 13.3. The number of rotatable bonds is 5. The number of carbonyl (C=O) groups excluding carboxylic acids is 1. The summed E-state index contributed by atoms with van der Waals surface area (Å²) in [6.07, 6.45) is 1.66. The maximum absolute atomic E-state index is 13.3. The Bertz CT molecular complexity index is 991. The first-order valence-electron chi connectivity index (χ1n) is 8.57. The van der Waals surface area contributed by atoms with E-state index in [2.05, 4.69) is 20.3 Å². The molecule has 3 rings (SSSR count). The quantitative estimate of drug-likeness (QED) is 0.730. The van der Waals surface area contributed by atoms with Gasteiger partial charge in [-0.3, -0.25) is 9.78 Å². The highest BCUT2D eigenvalue weighted by molar-refractivity contribution is 5.94. The zero-order valence-corrected chi connectivity index (χ0v) is 15.7. The normalized spacial score (nSPS) is 10.6. The van der Waals surface area contributed by atoms with Gasteiger partial charge in [0.25, 0.3) is 0 Å². The summed E-state index contributed by atoms with van der Waals surface area (Å²) in [5.74, 6) is -0.911. The summed E-state index contributed by atoms with van der Waals surface area (Å²) in [5.41, 5.74) is 2.28. The van der Waals surface area contributed by atoms with Crippen LogP contribution in [0, 0.1) is 25.5 Å². The van der Waals surface area contributed by atoms with Gasteiger partial charge >= 0.3 is 0 Å². The minimum atomic E-state index is -0.758. The van der Waals surface area contributed by atoms with E-state index in [1.807, 2.05) is 19.9 Å². The van der Waals surface area contributed by atoms with Crippen molar-refractivity contribution in [3.05, 3.63) is 65.5 Å². The van der Waals surface area contributed by atoms with Crippen LogP contribution in [-0.4, -0.2) is 34.5 Å². The second kappa shape index (κ2) is 8.08. The number of halogens is 2. The van der Waals surface area contributed by atoms with Gasteiger partial charge < -0.3 is 10.2 Å². The van der Waals surface area contributed by atoms with Gasteiger partial charge in [0.2, 0.25) is 5.91 Å². The summed E-state index contributed by atoms with van der Waals surface area (Å²) in [6, 6.07) is 8.31. The molecule has 1 aromatic carbocycles. The van der Waals surface area contributed by atoms with Crippen molar-refractivity contribution in [2.24, 2.45) is 0 Å². The van der Waals surface area contributed by atoms with Gasteiger partial charge in [-0.05, 0) is 38.1 Å². The van der Waals surface area contributed by atoms with E-state index >= 15 is 0 Å². The molecule has 2 heterocycles. The van der Waals surface area contributed by atoms with Gasteiger partial charge in [-0.1, -0.05) is 6.07 Å². The number of nitrogens with one attached hydrogen (secondary N) is 1. The second-order valence-corrected chi connectivity index (χ2v) is 6.36. The number of pyridine rings is 1. The number of amides is 1. The summed E-state index contributed by atoms with van der Waals surface area (Å²) >= 11 is 0. The van der Waals surface area contributed by atoms with Crippen LogP contribution >= 0.6 is 0 Å². The fourth-order valence-corrected chi connectivity index (χ4v) is 2.71. The molecule has 0 spiro atoms. The van der Waals surface area contributed by atoms with E-state index in [-0.39, 0.29) is 12.2 Å². The van der Waals surface area contributed by atoms with E-state index in [1.165, 1.54) is 0 Å². The van der Waals surface area contributed by atoms with E-state index < -0.39 is 17.5 Å². The number of aromatic nitrogens is 3.